The van der Waals surface area contributed by atoms with Gasteiger partial charge in [0.25, 0.3) is 5.69 Å². The van der Waals surface area contributed by atoms with Crippen molar-refractivity contribution < 1.29 is 9.85 Å². The van der Waals surface area contributed by atoms with E-state index in [-0.39, 0.29) is 11.4 Å². The Morgan fingerprint density at radius 3 is 2.50 bits per heavy atom. The minimum atomic E-state index is -0.708. The third-order valence-corrected chi connectivity index (χ3v) is 2.15. The first-order valence-corrected chi connectivity index (χ1v) is 5.56. The van der Waals surface area contributed by atoms with Crippen molar-refractivity contribution in [2.75, 3.05) is 5.43 Å². The van der Waals surface area contributed by atoms with Gasteiger partial charge in [-0.3, -0.25) is 25.7 Å². The number of nitro groups is 2. The van der Waals surface area contributed by atoms with Crippen molar-refractivity contribution in [3.63, 3.8) is 0 Å². The number of rotatable bonds is 6. The Balaban J connectivity index is 2.89. The number of hydrogen-bond acceptors (Lipinski definition) is 6. The van der Waals surface area contributed by atoms with E-state index >= 15 is 0 Å². The number of hydrogen-bond donors (Lipinski definition) is 1. The molecule has 0 aromatic heterocycles. The number of hydrazone groups is 1. The Morgan fingerprint density at radius 2 is 1.90 bits per heavy atom. The van der Waals surface area contributed by atoms with Crippen molar-refractivity contribution in [3.05, 3.63) is 62.7 Å². The molecule has 0 unspecified atom stereocenters. The Hall–Kier alpha value is -3.03. The fourth-order valence-electron chi connectivity index (χ4n) is 1.25. The predicted molar refractivity (Wildman–Crippen MR) is 75.8 cm³/mol. The van der Waals surface area contributed by atoms with Gasteiger partial charge in [-0.05, 0) is 19.1 Å². The molecule has 1 aromatic rings. The van der Waals surface area contributed by atoms with Crippen LogP contribution in [0.5, 0.6) is 0 Å². The standard InChI is InChI=1S/C12H12N4O4/c1-2-3-4-5-8-13-14-11-7-6-10(15(17)18)9-12(11)16(19)20/h2-9,14H,1H3/b3-2+,5-4+,13-8-. The van der Waals surface area contributed by atoms with Crippen LogP contribution in [0.25, 0.3) is 0 Å². The SMILES string of the molecule is C/C=C/C=C/C=N\Nc1ccc([N+](=O)[O-])cc1[N+](=O)[O-]. The quantitative estimate of drug-likeness (QED) is 0.371. The second-order valence-electron chi connectivity index (χ2n) is 3.52. The van der Waals surface area contributed by atoms with E-state index < -0.39 is 15.5 Å². The van der Waals surface area contributed by atoms with Gasteiger partial charge in [-0.15, -0.1) is 0 Å². The molecule has 8 nitrogen and oxygen atoms in total. The highest BCUT2D eigenvalue weighted by atomic mass is 16.6. The number of nitrogens with one attached hydrogen (secondary N) is 1. The van der Waals surface area contributed by atoms with Crippen LogP contribution in [-0.2, 0) is 0 Å². The molecule has 0 saturated carbocycles. The molecule has 1 N–H and O–H groups in total. The van der Waals surface area contributed by atoms with Crippen LogP contribution in [0, 0.1) is 20.2 Å². The van der Waals surface area contributed by atoms with Crippen LogP contribution < -0.4 is 5.43 Å². The molecule has 0 aliphatic heterocycles. The third kappa shape index (κ3) is 4.33. The molecule has 0 spiro atoms. The number of nitro benzene ring substituents is 2. The van der Waals surface area contributed by atoms with E-state index in [4.69, 9.17) is 0 Å². The largest absolute Gasteiger partial charge is 0.301 e. The van der Waals surface area contributed by atoms with Crippen molar-refractivity contribution in [2.45, 2.75) is 6.92 Å². The second kappa shape index (κ2) is 7.41. The summed E-state index contributed by atoms with van der Waals surface area (Å²) in [6, 6.07) is 3.29. The number of allylic oxidation sites excluding steroid dienone is 4. The van der Waals surface area contributed by atoms with Crippen LogP contribution in [0.15, 0.2) is 47.6 Å². The molecule has 104 valence electrons. The van der Waals surface area contributed by atoms with Crippen LogP contribution in [0.1, 0.15) is 6.92 Å². The molecular formula is C12H12N4O4. The van der Waals surface area contributed by atoms with E-state index in [1.54, 1.807) is 18.2 Å². The Bertz CT molecular complexity index is 593. The summed E-state index contributed by atoms with van der Waals surface area (Å²) in [7, 11) is 0. The zero-order valence-corrected chi connectivity index (χ0v) is 10.6. The first-order valence-electron chi connectivity index (χ1n) is 5.56. The monoisotopic (exact) mass is 276 g/mol. The van der Waals surface area contributed by atoms with Crippen LogP contribution >= 0.6 is 0 Å². The maximum absolute atomic E-state index is 10.8. The molecule has 0 heterocycles. The van der Waals surface area contributed by atoms with Gasteiger partial charge in [-0.25, -0.2) is 0 Å². The van der Waals surface area contributed by atoms with Crippen LogP contribution in [-0.4, -0.2) is 16.1 Å². The lowest BCUT2D eigenvalue weighted by molar-refractivity contribution is -0.393. The summed E-state index contributed by atoms with van der Waals surface area (Å²) in [5, 5.41) is 25.2. The van der Waals surface area contributed by atoms with Crippen molar-refractivity contribution in [1.82, 2.24) is 0 Å². The first kappa shape index (κ1) is 15.0. The lowest BCUT2D eigenvalue weighted by atomic mass is 10.2. The van der Waals surface area contributed by atoms with Gasteiger partial charge < -0.3 is 0 Å². The van der Waals surface area contributed by atoms with Gasteiger partial charge in [0.05, 0.1) is 15.9 Å². The highest BCUT2D eigenvalue weighted by Gasteiger charge is 2.18. The van der Waals surface area contributed by atoms with E-state index in [1.165, 1.54) is 18.3 Å². The van der Waals surface area contributed by atoms with Crippen LogP contribution in [0.4, 0.5) is 17.1 Å². The number of benzene rings is 1. The minimum absolute atomic E-state index is 0.0799. The zero-order chi connectivity index (χ0) is 15.0. The maximum Gasteiger partial charge on any atom is 0.301 e. The summed E-state index contributed by atoms with van der Waals surface area (Å²) < 4.78 is 0. The highest BCUT2D eigenvalue weighted by Crippen LogP contribution is 2.28. The summed E-state index contributed by atoms with van der Waals surface area (Å²) >= 11 is 0. The van der Waals surface area contributed by atoms with E-state index in [0.717, 1.165) is 6.07 Å². The molecule has 20 heavy (non-hydrogen) atoms. The maximum atomic E-state index is 10.8. The Kier molecular flexibility index (Phi) is 5.57. The second-order valence-corrected chi connectivity index (χ2v) is 3.52. The van der Waals surface area contributed by atoms with Crippen LogP contribution in [0.3, 0.4) is 0 Å². The first-order chi connectivity index (χ1) is 9.56. The van der Waals surface area contributed by atoms with E-state index in [0.29, 0.717) is 0 Å². The van der Waals surface area contributed by atoms with E-state index in [2.05, 4.69) is 10.5 Å². The molecule has 0 radical (unpaired) electrons. The summed E-state index contributed by atoms with van der Waals surface area (Å²) in [5.74, 6) is 0. The molecule has 0 bridgehead atoms. The van der Waals surface area contributed by atoms with Crippen molar-refractivity contribution in [1.29, 1.82) is 0 Å². The lowest BCUT2D eigenvalue weighted by Crippen LogP contribution is -1.98. The molecule has 0 saturated heterocycles. The molecule has 8 heteroatoms. The average molecular weight is 276 g/mol. The average Bonchev–Trinajstić information content (AvgIpc) is 2.42. The molecule has 0 amide bonds. The number of non-ortho nitro benzene ring substituents is 1. The summed E-state index contributed by atoms with van der Waals surface area (Å²) in [4.78, 5) is 20.0. The molecule has 0 aliphatic rings. The number of nitrogens with zero attached hydrogens (tertiary/aromatic N) is 3. The lowest BCUT2D eigenvalue weighted by Gasteiger charge is -2.01. The van der Waals surface area contributed by atoms with Crippen LogP contribution in [0.2, 0.25) is 0 Å². The molecule has 0 atom stereocenters. The highest BCUT2D eigenvalue weighted by molar-refractivity contribution is 5.73. The zero-order valence-electron chi connectivity index (χ0n) is 10.6. The Morgan fingerprint density at radius 1 is 1.15 bits per heavy atom. The topological polar surface area (TPSA) is 111 Å². The van der Waals surface area contributed by atoms with Gasteiger partial charge in [0, 0.05) is 12.3 Å². The summed E-state index contributed by atoms with van der Waals surface area (Å²) in [5.41, 5.74) is 1.79. The third-order valence-electron chi connectivity index (χ3n) is 2.15. The van der Waals surface area contributed by atoms with Gasteiger partial charge in [0.2, 0.25) is 0 Å². The van der Waals surface area contributed by atoms with Crippen molar-refractivity contribution in [3.8, 4) is 0 Å². The van der Waals surface area contributed by atoms with Gasteiger partial charge in [0.15, 0.2) is 0 Å². The van der Waals surface area contributed by atoms with Crippen molar-refractivity contribution >= 4 is 23.3 Å². The van der Waals surface area contributed by atoms with E-state index in [9.17, 15) is 20.2 Å². The molecule has 0 fully saturated rings. The molecular weight excluding hydrogens is 264 g/mol. The van der Waals surface area contributed by atoms with Gasteiger partial charge in [-0.2, -0.15) is 5.10 Å². The number of anilines is 1. The van der Waals surface area contributed by atoms with E-state index in [1.807, 2.05) is 13.0 Å². The van der Waals surface area contributed by atoms with Gasteiger partial charge in [0.1, 0.15) is 5.69 Å². The smallest absolute Gasteiger partial charge is 0.272 e. The molecule has 0 aliphatic carbocycles. The summed E-state index contributed by atoms with van der Waals surface area (Å²) in [6.07, 6.45) is 8.39. The Labute approximate surface area is 114 Å². The fraction of sp³-hybridized carbons (Fsp3) is 0.0833. The van der Waals surface area contributed by atoms with Gasteiger partial charge in [-0.1, -0.05) is 18.2 Å². The normalized spacial score (nSPS) is 11.4. The van der Waals surface area contributed by atoms with Crippen molar-refractivity contribution in [2.24, 2.45) is 5.10 Å². The minimum Gasteiger partial charge on any atom is -0.272 e. The molecule has 1 aromatic carbocycles. The summed E-state index contributed by atoms with van der Waals surface area (Å²) in [6.45, 7) is 1.86. The fourth-order valence-corrected chi connectivity index (χ4v) is 1.25. The van der Waals surface area contributed by atoms with Gasteiger partial charge >= 0.3 is 5.69 Å². The molecule has 1 rings (SSSR count). The predicted octanol–water partition coefficient (Wildman–Crippen LogP) is 3.03.